The zero-order valence-electron chi connectivity index (χ0n) is 17.5. The van der Waals surface area contributed by atoms with Gasteiger partial charge in [-0.15, -0.1) is 0 Å². The van der Waals surface area contributed by atoms with E-state index in [0.717, 1.165) is 22.0 Å². The molecule has 3 heterocycles. The molecular formula is C25H21FN2O4. The van der Waals surface area contributed by atoms with Crippen LogP contribution < -0.4 is 10.4 Å². The Kier molecular flexibility index (Phi) is 5.01. The maximum atomic E-state index is 13.5. The number of hydrogen-bond donors (Lipinski definition) is 1. The molecule has 0 aliphatic carbocycles. The van der Waals surface area contributed by atoms with Crippen molar-refractivity contribution in [3.63, 3.8) is 0 Å². The molecule has 2 aromatic carbocycles. The number of amides is 1. The summed E-state index contributed by atoms with van der Waals surface area (Å²) in [5, 5.41) is 1.53. The quantitative estimate of drug-likeness (QED) is 0.473. The van der Waals surface area contributed by atoms with Gasteiger partial charge < -0.3 is 19.0 Å². The molecule has 0 saturated heterocycles. The molecule has 2 aromatic heterocycles. The number of rotatable bonds is 4. The van der Waals surface area contributed by atoms with Gasteiger partial charge in [0, 0.05) is 53.3 Å². The van der Waals surface area contributed by atoms with E-state index in [0.29, 0.717) is 48.4 Å². The predicted molar refractivity (Wildman–Crippen MR) is 120 cm³/mol. The maximum Gasteiger partial charge on any atom is 0.337 e. The van der Waals surface area contributed by atoms with Gasteiger partial charge in [-0.1, -0.05) is 6.08 Å². The van der Waals surface area contributed by atoms with Gasteiger partial charge in [-0.2, -0.15) is 0 Å². The highest BCUT2D eigenvalue weighted by molar-refractivity contribution is 6.06. The van der Waals surface area contributed by atoms with Crippen molar-refractivity contribution in [2.75, 3.05) is 19.7 Å². The first-order valence-corrected chi connectivity index (χ1v) is 10.5. The molecule has 5 rings (SSSR count). The first-order chi connectivity index (χ1) is 15.5. The molecule has 1 aliphatic rings. The number of benzene rings is 2. The number of nitrogens with one attached hydrogen (secondary N) is 1. The number of nitrogens with zero attached hydrogens (tertiary/aromatic N) is 1. The van der Waals surface area contributed by atoms with Crippen LogP contribution >= 0.6 is 0 Å². The highest BCUT2D eigenvalue weighted by Crippen LogP contribution is 2.31. The highest BCUT2D eigenvalue weighted by Gasteiger charge is 2.23. The number of carbonyl (C=O) groups excluding carboxylic acids is 1. The fraction of sp³-hybridized carbons (Fsp3) is 0.200. The van der Waals surface area contributed by atoms with Crippen LogP contribution in [0.4, 0.5) is 4.39 Å². The summed E-state index contributed by atoms with van der Waals surface area (Å²) < 4.78 is 24.2. The molecule has 0 saturated carbocycles. The van der Waals surface area contributed by atoms with Crippen molar-refractivity contribution >= 4 is 33.4 Å². The minimum atomic E-state index is -0.575. The topological polar surface area (TPSA) is 75.5 Å². The van der Waals surface area contributed by atoms with Crippen LogP contribution in [-0.2, 0) is 0 Å². The van der Waals surface area contributed by atoms with E-state index in [1.54, 1.807) is 29.2 Å². The van der Waals surface area contributed by atoms with Gasteiger partial charge in [0.2, 0.25) is 0 Å². The van der Waals surface area contributed by atoms with Gasteiger partial charge in [-0.05, 0) is 49.2 Å². The molecule has 1 amide bonds. The van der Waals surface area contributed by atoms with Crippen LogP contribution in [0.5, 0.6) is 5.75 Å². The van der Waals surface area contributed by atoms with E-state index in [2.05, 4.69) is 4.98 Å². The van der Waals surface area contributed by atoms with E-state index in [9.17, 15) is 14.0 Å². The minimum absolute atomic E-state index is 0.219. The van der Waals surface area contributed by atoms with Gasteiger partial charge in [0.1, 0.15) is 17.1 Å². The van der Waals surface area contributed by atoms with Gasteiger partial charge in [0.15, 0.2) is 0 Å². The third-order valence-electron chi connectivity index (χ3n) is 5.74. The number of aromatic nitrogens is 1. The van der Waals surface area contributed by atoms with Crippen molar-refractivity contribution in [2.24, 2.45) is 0 Å². The number of aromatic amines is 1. The maximum absolute atomic E-state index is 13.5. The number of ether oxygens (including phenoxy) is 1. The Morgan fingerprint density at radius 1 is 1.19 bits per heavy atom. The molecule has 0 atom stereocenters. The molecule has 1 N–H and O–H groups in total. The van der Waals surface area contributed by atoms with E-state index in [-0.39, 0.29) is 11.7 Å². The van der Waals surface area contributed by atoms with Gasteiger partial charge in [-0.3, -0.25) is 4.79 Å². The van der Waals surface area contributed by atoms with Crippen molar-refractivity contribution in [2.45, 2.75) is 13.3 Å². The summed E-state index contributed by atoms with van der Waals surface area (Å²) in [6, 6.07) is 11.1. The second-order valence-electron chi connectivity index (χ2n) is 7.69. The van der Waals surface area contributed by atoms with Crippen LogP contribution in [0, 0.1) is 5.82 Å². The first kappa shape index (κ1) is 20.1. The van der Waals surface area contributed by atoms with Crippen molar-refractivity contribution in [1.29, 1.82) is 0 Å². The van der Waals surface area contributed by atoms with Crippen LogP contribution in [0.1, 0.15) is 29.3 Å². The Morgan fingerprint density at radius 3 is 2.81 bits per heavy atom. The van der Waals surface area contributed by atoms with Crippen molar-refractivity contribution in [3.8, 4) is 5.75 Å². The number of carbonyl (C=O) groups is 1. The van der Waals surface area contributed by atoms with E-state index in [1.807, 2.05) is 19.2 Å². The standard InChI is InChI=1S/C25H21FN2O4/c1-2-31-17-4-6-19-20(13-24(29)32-23(19)12-17)25(30)28-9-7-15(8-10-28)21-14-27-22-11-16(26)3-5-18(21)22/h3-7,11-14,27H,2,8-10H2,1H3. The summed E-state index contributed by atoms with van der Waals surface area (Å²) in [5.41, 5.74) is 2.93. The van der Waals surface area contributed by atoms with E-state index >= 15 is 0 Å². The number of halogens is 1. The van der Waals surface area contributed by atoms with E-state index < -0.39 is 5.63 Å². The number of H-pyrrole nitrogens is 1. The molecule has 162 valence electrons. The second kappa shape index (κ2) is 8.00. The van der Waals surface area contributed by atoms with Crippen LogP contribution in [0.3, 0.4) is 0 Å². The summed E-state index contributed by atoms with van der Waals surface area (Å²) in [6.45, 7) is 3.28. The molecule has 0 radical (unpaired) electrons. The molecule has 0 fully saturated rings. The Morgan fingerprint density at radius 2 is 2.03 bits per heavy atom. The van der Waals surface area contributed by atoms with Crippen molar-refractivity contribution < 1.29 is 18.3 Å². The van der Waals surface area contributed by atoms with Crippen molar-refractivity contribution in [1.82, 2.24) is 9.88 Å². The van der Waals surface area contributed by atoms with Gasteiger partial charge in [-0.25, -0.2) is 9.18 Å². The van der Waals surface area contributed by atoms with Crippen molar-refractivity contribution in [3.05, 3.63) is 82.1 Å². The lowest BCUT2D eigenvalue weighted by Crippen LogP contribution is -2.35. The van der Waals surface area contributed by atoms with Crippen LogP contribution in [-0.4, -0.2) is 35.5 Å². The zero-order chi connectivity index (χ0) is 22.2. The molecule has 4 aromatic rings. The third-order valence-corrected chi connectivity index (χ3v) is 5.74. The Labute approximate surface area is 182 Å². The summed E-state index contributed by atoms with van der Waals surface area (Å²) >= 11 is 0. The Hall–Kier alpha value is -3.87. The third kappa shape index (κ3) is 3.56. The number of hydrogen-bond acceptors (Lipinski definition) is 4. The summed E-state index contributed by atoms with van der Waals surface area (Å²) in [7, 11) is 0. The van der Waals surface area contributed by atoms with E-state index in [4.69, 9.17) is 9.15 Å². The van der Waals surface area contributed by atoms with Gasteiger partial charge in [0.05, 0.1) is 12.2 Å². The smallest absolute Gasteiger partial charge is 0.337 e. The Balaban J connectivity index is 1.43. The summed E-state index contributed by atoms with van der Waals surface area (Å²) in [4.78, 5) is 30.2. The lowest BCUT2D eigenvalue weighted by Gasteiger charge is -2.27. The second-order valence-corrected chi connectivity index (χ2v) is 7.69. The molecule has 1 aliphatic heterocycles. The Bertz CT molecular complexity index is 1430. The predicted octanol–water partition coefficient (Wildman–Crippen LogP) is 4.74. The lowest BCUT2D eigenvalue weighted by atomic mass is 9.98. The fourth-order valence-corrected chi connectivity index (χ4v) is 4.21. The molecule has 0 bridgehead atoms. The normalized spacial score (nSPS) is 14.1. The lowest BCUT2D eigenvalue weighted by molar-refractivity contribution is 0.0774. The SMILES string of the molecule is CCOc1ccc2c(C(=O)N3CC=C(c4c[nH]c5cc(F)ccc45)CC3)cc(=O)oc2c1. The van der Waals surface area contributed by atoms with Crippen LogP contribution in [0.15, 0.2) is 63.9 Å². The molecule has 0 unspecified atom stereocenters. The summed E-state index contributed by atoms with van der Waals surface area (Å²) in [5.74, 6) is 0.0773. The largest absolute Gasteiger partial charge is 0.494 e. The molecule has 0 spiro atoms. The van der Waals surface area contributed by atoms with Gasteiger partial charge >= 0.3 is 5.63 Å². The molecule has 7 heteroatoms. The summed E-state index contributed by atoms with van der Waals surface area (Å²) in [6.07, 6.45) is 4.54. The molecule has 6 nitrogen and oxygen atoms in total. The average Bonchev–Trinajstić information content (AvgIpc) is 3.21. The fourth-order valence-electron chi connectivity index (χ4n) is 4.21. The molecular weight excluding hydrogens is 411 g/mol. The highest BCUT2D eigenvalue weighted by atomic mass is 19.1. The zero-order valence-corrected chi connectivity index (χ0v) is 17.5. The van der Waals surface area contributed by atoms with Gasteiger partial charge in [0.25, 0.3) is 5.91 Å². The minimum Gasteiger partial charge on any atom is -0.494 e. The first-order valence-electron chi connectivity index (χ1n) is 10.5. The monoisotopic (exact) mass is 432 g/mol. The van der Waals surface area contributed by atoms with Crippen LogP contribution in [0.2, 0.25) is 0 Å². The molecule has 32 heavy (non-hydrogen) atoms. The van der Waals surface area contributed by atoms with E-state index in [1.165, 1.54) is 18.2 Å². The average molecular weight is 432 g/mol. The van der Waals surface area contributed by atoms with Crippen LogP contribution in [0.25, 0.3) is 27.4 Å². The number of fused-ring (bicyclic) bond motifs is 2.